The van der Waals surface area contributed by atoms with Crippen molar-refractivity contribution in [3.63, 3.8) is 0 Å². The van der Waals surface area contributed by atoms with Gasteiger partial charge in [0.15, 0.2) is 0 Å². The Bertz CT molecular complexity index is 899. The highest BCUT2D eigenvalue weighted by molar-refractivity contribution is 6.09. The van der Waals surface area contributed by atoms with Crippen LogP contribution < -0.4 is 10.2 Å². The maximum Gasteiger partial charge on any atom is 0.325 e. The summed E-state index contributed by atoms with van der Waals surface area (Å²) in [5.41, 5.74) is 0.833. The molecule has 0 atom stereocenters. The SMILES string of the molecule is CC1CCC2(CC1)NC(=O)N(CC(=O)N1CCCN(c3ccc(C#N)cc3)CC1)C2=O. The van der Waals surface area contributed by atoms with Crippen molar-refractivity contribution in [2.75, 3.05) is 37.6 Å². The van der Waals surface area contributed by atoms with Crippen LogP contribution in [0.15, 0.2) is 24.3 Å². The molecule has 3 aliphatic rings. The van der Waals surface area contributed by atoms with Crippen LogP contribution in [-0.4, -0.2) is 65.9 Å². The molecule has 4 amide bonds. The van der Waals surface area contributed by atoms with Crippen LogP contribution in [0.25, 0.3) is 0 Å². The predicted octanol–water partition coefficient (Wildman–Crippen LogP) is 2.10. The number of nitrogens with zero attached hydrogens (tertiary/aromatic N) is 4. The third kappa shape index (κ3) is 4.22. The lowest BCUT2D eigenvalue weighted by molar-refractivity contribution is -0.139. The van der Waals surface area contributed by atoms with E-state index in [1.54, 1.807) is 17.0 Å². The first-order valence-corrected chi connectivity index (χ1v) is 11.1. The number of amides is 4. The zero-order valence-corrected chi connectivity index (χ0v) is 18.0. The summed E-state index contributed by atoms with van der Waals surface area (Å²) in [5, 5.41) is 11.8. The monoisotopic (exact) mass is 423 g/mol. The van der Waals surface area contributed by atoms with Crippen LogP contribution in [0.5, 0.6) is 0 Å². The van der Waals surface area contributed by atoms with Crippen LogP contribution in [-0.2, 0) is 9.59 Å². The summed E-state index contributed by atoms with van der Waals surface area (Å²) in [6.45, 7) is 4.57. The number of nitrogens with one attached hydrogen (secondary N) is 1. The summed E-state index contributed by atoms with van der Waals surface area (Å²) in [4.78, 5) is 43.5. The number of anilines is 1. The standard InChI is InChI=1S/C23H29N5O3/c1-17-7-9-23(10-8-17)21(30)28(22(31)25-23)16-20(29)27-12-2-11-26(13-14-27)19-5-3-18(15-24)4-6-19/h3-6,17H,2,7-14,16H2,1H3,(H,25,31). The van der Waals surface area contributed by atoms with Gasteiger partial charge in [-0.2, -0.15) is 5.26 Å². The molecule has 1 aromatic rings. The summed E-state index contributed by atoms with van der Waals surface area (Å²) in [7, 11) is 0. The van der Waals surface area contributed by atoms with Crippen molar-refractivity contribution in [1.29, 1.82) is 5.26 Å². The number of rotatable bonds is 3. The van der Waals surface area contributed by atoms with Crippen molar-refractivity contribution in [2.45, 2.75) is 44.6 Å². The number of carbonyl (C=O) groups is 3. The van der Waals surface area contributed by atoms with Gasteiger partial charge in [0.05, 0.1) is 11.6 Å². The van der Waals surface area contributed by atoms with E-state index in [0.717, 1.165) is 36.4 Å². The molecule has 1 aromatic carbocycles. The molecule has 2 aliphatic heterocycles. The van der Waals surface area contributed by atoms with Gasteiger partial charge < -0.3 is 15.1 Å². The summed E-state index contributed by atoms with van der Waals surface area (Å²) in [6, 6.07) is 9.11. The molecular weight excluding hydrogens is 394 g/mol. The second kappa shape index (κ2) is 8.58. The van der Waals surface area contributed by atoms with E-state index in [1.807, 2.05) is 12.1 Å². The Labute approximate surface area is 182 Å². The van der Waals surface area contributed by atoms with Gasteiger partial charge in [0, 0.05) is 31.9 Å². The maximum absolute atomic E-state index is 13.0. The minimum absolute atomic E-state index is 0.189. The number of imide groups is 1. The molecule has 2 saturated heterocycles. The van der Waals surface area contributed by atoms with E-state index in [2.05, 4.69) is 23.2 Å². The Hall–Kier alpha value is -3.08. The van der Waals surface area contributed by atoms with E-state index >= 15 is 0 Å². The normalized spacial score (nSPS) is 26.6. The van der Waals surface area contributed by atoms with Crippen LogP contribution in [0.3, 0.4) is 0 Å². The molecule has 0 radical (unpaired) electrons. The van der Waals surface area contributed by atoms with Gasteiger partial charge in [0.2, 0.25) is 5.91 Å². The minimum Gasteiger partial charge on any atom is -0.370 e. The van der Waals surface area contributed by atoms with Crippen LogP contribution in [0, 0.1) is 17.2 Å². The number of carbonyl (C=O) groups excluding carboxylic acids is 3. The fourth-order valence-electron chi connectivity index (χ4n) is 4.82. The highest BCUT2D eigenvalue weighted by Gasteiger charge is 2.52. The van der Waals surface area contributed by atoms with E-state index in [1.165, 1.54) is 0 Å². The Morgan fingerprint density at radius 1 is 1.13 bits per heavy atom. The van der Waals surface area contributed by atoms with Crippen LogP contribution in [0.1, 0.15) is 44.6 Å². The van der Waals surface area contributed by atoms with Gasteiger partial charge in [-0.3, -0.25) is 14.5 Å². The second-order valence-electron chi connectivity index (χ2n) is 8.97. The molecule has 1 N–H and O–H groups in total. The molecule has 2 heterocycles. The molecule has 1 saturated carbocycles. The summed E-state index contributed by atoms with van der Waals surface area (Å²) < 4.78 is 0. The van der Waals surface area contributed by atoms with Crippen molar-refractivity contribution >= 4 is 23.5 Å². The molecule has 31 heavy (non-hydrogen) atoms. The van der Waals surface area contributed by atoms with Gasteiger partial charge in [0.1, 0.15) is 12.1 Å². The molecule has 1 aliphatic carbocycles. The Morgan fingerprint density at radius 3 is 2.52 bits per heavy atom. The molecule has 164 valence electrons. The third-order valence-corrected chi connectivity index (χ3v) is 6.88. The Kier molecular flexibility index (Phi) is 5.86. The van der Waals surface area contributed by atoms with Crippen LogP contribution in [0.4, 0.5) is 10.5 Å². The lowest BCUT2D eigenvalue weighted by Crippen LogP contribution is -2.50. The number of hydrogen-bond donors (Lipinski definition) is 1. The van der Waals surface area contributed by atoms with Crippen molar-refractivity contribution in [1.82, 2.24) is 15.1 Å². The predicted molar refractivity (Wildman–Crippen MR) is 115 cm³/mol. The number of nitriles is 1. The molecular formula is C23H29N5O3. The molecule has 3 fully saturated rings. The average molecular weight is 424 g/mol. The van der Waals surface area contributed by atoms with Gasteiger partial charge in [-0.15, -0.1) is 0 Å². The van der Waals surface area contributed by atoms with E-state index in [-0.39, 0.29) is 18.4 Å². The lowest BCUT2D eigenvalue weighted by Gasteiger charge is -2.33. The average Bonchev–Trinajstić information content (AvgIpc) is 2.96. The highest BCUT2D eigenvalue weighted by atomic mass is 16.2. The summed E-state index contributed by atoms with van der Waals surface area (Å²) in [5.74, 6) is 0.125. The fourth-order valence-corrected chi connectivity index (χ4v) is 4.82. The number of hydrogen-bond acceptors (Lipinski definition) is 5. The highest BCUT2D eigenvalue weighted by Crippen LogP contribution is 2.36. The first kappa shape index (κ1) is 21.2. The molecule has 8 nitrogen and oxygen atoms in total. The van der Waals surface area contributed by atoms with Gasteiger partial charge in [0.25, 0.3) is 5.91 Å². The van der Waals surface area contributed by atoms with Crippen molar-refractivity contribution in [2.24, 2.45) is 5.92 Å². The molecule has 4 rings (SSSR count). The van der Waals surface area contributed by atoms with Gasteiger partial charge >= 0.3 is 6.03 Å². The van der Waals surface area contributed by atoms with E-state index in [4.69, 9.17) is 5.26 Å². The molecule has 0 aromatic heterocycles. The molecule has 1 spiro atoms. The largest absolute Gasteiger partial charge is 0.370 e. The zero-order chi connectivity index (χ0) is 22.0. The molecule has 0 bridgehead atoms. The first-order valence-electron chi connectivity index (χ1n) is 11.1. The van der Waals surface area contributed by atoms with Crippen LogP contribution >= 0.6 is 0 Å². The summed E-state index contributed by atoms with van der Waals surface area (Å²) in [6.07, 6.45) is 3.91. The van der Waals surface area contributed by atoms with E-state index in [9.17, 15) is 14.4 Å². The summed E-state index contributed by atoms with van der Waals surface area (Å²) >= 11 is 0. The Morgan fingerprint density at radius 2 is 1.84 bits per heavy atom. The second-order valence-corrected chi connectivity index (χ2v) is 8.97. The van der Waals surface area contributed by atoms with E-state index < -0.39 is 11.6 Å². The number of urea groups is 1. The van der Waals surface area contributed by atoms with Crippen molar-refractivity contribution in [3.05, 3.63) is 29.8 Å². The number of benzene rings is 1. The van der Waals surface area contributed by atoms with E-state index in [0.29, 0.717) is 44.0 Å². The van der Waals surface area contributed by atoms with Crippen molar-refractivity contribution < 1.29 is 14.4 Å². The first-order chi connectivity index (χ1) is 14.9. The van der Waals surface area contributed by atoms with Gasteiger partial charge in [-0.05, 0) is 62.3 Å². The third-order valence-electron chi connectivity index (χ3n) is 6.88. The smallest absolute Gasteiger partial charge is 0.325 e. The van der Waals surface area contributed by atoms with Crippen LogP contribution in [0.2, 0.25) is 0 Å². The molecule has 8 heteroatoms. The van der Waals surface area contributed by atoms with Gasteiger partial charge in [-0.25, -0.2) is 4.79 Å². The lowest BCUT2D eigenvalue weighted by atomic mass is 9.77. The topological polar surface area (TPSA) is 96.8 Å². The molecule has 0 unspecified atom stereocenters. The minimum atomic E-state index is -0.810. The van der Waals surface area contributed by atoms with Gasteiger partial charge in [-0.1, -0.05) is 6.92 Å². The Balaban J connectivity index is 1.36. The van der Waals surface area contributed by atoms with Crippen molar-refractivity contribution in [3.8, 4) is 6.07 Å². The quantitative estimate of drug-likeness (QED) is 0.751. The fraction of sp³-hybridized carbons (Fsp3) is 0.565. The zero-order valence-electron chi connectivity index (χ0n) is 18.0. The maximum atomic E-state index is 13.0.